The molecule has 0 aliphatic rings. The Kier molecular flexibility index (Phi) is 4.32. The lowest BCUT2D eigenvalue weighted by atomic mass is 10.2. The van der Waals surface area contributed by atoms with Gasteiger partial charge in [-0.3, -0.25) is 10.1 Å². The molecule has 0 spiro atoms. The van der Waals surface area contributed by atoms with E-state index >= 15 is 0 Å². The summed E-state index contributed by atoms with van der Waals surface area (Å²) in [5, 5.41) is 14.9. The molecule has 0 fully saturated rings. The maximum absolute atomic E-state index is 13.6. The minimum atomic E-state index is -0.677. The molecule has 0 aliphatic carbocycles. The molecule has 2 aromatic rings. The van der Waals surface area contributed by atoms with Gasteiger partial charge >= 0.3 is 5.97 Å². The van der Waals surface area contributed by atoms with Crippen molar-refractivity contribution >= 4 is 27.6 Å². The predicted octanol–water partition coefficient (Wildman–Crippen LogP) is 2.86. The third-order valence-corrected chi connectivity index (χ3v) is 3.16. The van der Waals surface area contributed by atoms with Crippen LogP contribution in [0.15, 0.2) is 29.0 Å². The highest BCUT2D eigenvalue weighted by Crippen LogP contribution is 2.29. The van der Waals surface area contributed by atoms with E-state index in [-0.39, 0.29) is 28.0 Å². The van der Waals surface area contributed by atoms with Crippen LogP contribution in [0.4, 0.5) is 10.1 Å². The molecule has 0 aliphatic heterocycles. The number of benzene rings is 1. The van der Waals surface area contributed by atoms with Crippen LogP contribution in [-0.4, -0.2) is 27.3 Å². The van der Waals surface area contributed by atoms with E-state index in [0.29, 0.717) is 0 Å². The van der Waals surface area contributed by atoms with E-state index in [4.69, 9.17) is 4.74 Å². The van der Waals surface area contributed by atoms with Crippen molar-refractivity contribution in [2.75, 3.05) is 6.61 Å². The summed E-state index contributed by atoms with van der Waals surface area (Å²) in [7, 11) is 0. The van der Waals surface area contributed by atoms with Gasteiger partial charge in [0.05, 0.1) is 27.8 Å². The number of ether oxygens (including phenoxy) is 1. The first-order valence-electron chi connectivity index (χ1n) is 5.79. The molecule has 1 aromatic heterocycles. The maximum Gasteiger partial charge on any atom is 0.341 e. The fourth-order valence-corrected chi connectivity index (χ4v) is 1.96. The zero-order valence-electron chi connectivity index (χ0n) is 10.7. The van der Waals surface area contributed by atoms with Crippen LogP contribution in [-0.2, 0) is 4.74 Å². The number of nitrogens with zero attached hydrogens (tertiary/aromatic N) is 3. The molecule has 0 N–H and O–H groups in total. The summed E-state index contributed by atoms with van der Waals surface area (Å²) >= 11 is 2.89. The van der Waals surface area contributed by atoms with Crippen LogP contribution in [0.3, 0.4) is 0 Å². The van der Waals surface area contributed by atoms with Crippen molar-refractivity contribution in [3.63, 3.8) is 0 Å². The second kappa shape index (κ2) is 6.00. The molecule has 0 radical (unpaired) electrons. The van der Waals surface area contributed by atoms with E-state index in [2.05, 4.69) is 21.0 Å². The van der Waals surface area contributed by atoms with Gasteiger partial charge in [-0.1, -0.05) is 0 Å². The van der Waals surface area contributed by atoms with Crippen molar-refractivity contribution in [2.24, 2.45) is 0 Å². The first-order chi connectivity index (χ1) is 9.93. The first-order valence-corrected chi connectivity index (χ1v) is 6.59. The van der Waals surface area contributed by atoms with Crippen LogP contribution in [0.25, 0.3) is 5.69 Å². The Labute approximate surface area is 126 Å². The number of esters is 1. The molecular formula is C12H9BrFN3O4. The summed E-state index contributed by atoms with van der Waals surface area (Å²) in [5.74, 6) is -1.28. The molecule has 2 rings (SSSR count). The smallest absolute Gasteiger partial charge is 0.341 e. The van der Waals surface area contributed by atoms with E-state index in [1.54, 1.807) is 6.92 Å². The Morgan fingerprint density at radius 2 is 2.29 bits per heavy atom. The van der Waals surface area contributed by atoms with Crippen molar-refractivity contribution in [1.29, 1.82) is 0 Å². The van der Waals surface area contributed by atoms with Crippen LogP contribution < -0.4 is 0 Å². The zero-order chi connectivity index (χ0) is 15.6. The molecule has 1 aromatic carbocycles. The fourth-order valence-electron chi connectivity index (χ4n) is 1.63. The Morgan fingerprint density at radius 1 is 1.57 bits per heavy atom. The van der Waals surface area contributed by atoms with Gasteiger partial charge in [0.15, 0.2) is 0 Å². The van der Waals surface area contributed by atoms with Gasteiger partial charge in [-0.2, -0.15) is 5.10 Å². The number of halogens is 2. The number of carbonyl (C=O) groups is 1. The van der Waals surface area contributed by atoms with Crippen LogP contribution in [0.2, 0.25) is 0 Å². The summed E-state index contributed by atoms with van der Waals surface area (Å²) in [6, 6.07) is 2.00. The summed E-state index contributed by atoms with van der Waals surface area (Å²) in [5.41, 5.74) is -0.312. The largest absolute Gasteiger partial charge is 0.462 e. The molecule has 0 saturated heterocycles. The van der Waals surface area contributed by atoms with Crippen LogP contribution in [0.1, 0.15) is 17.3 Å². The van der Waals surface area contributed by atoms with Gasteiger partial charge in [0.2, 0.25) is 0 Å². The molecular weight excluding hydrogens is 349 g/mol. The number of hydrogen-bond donors (Lipinski definition) is 0. The monoisotopic (exact) mass is 357 g/mol. The van der Waals surface area contributed by atoms with Gasteiger partial charge in [0, 0.05) is 18.3 Å². The third-order valence-electron chi connectivity index (χ3n) is 2.55. The van der Waals surface area contributed by atoms with Gasteiger partial charge < -0.3 is 4.74 Å². The van der Waals surface area contributed by atoms with Gasteiger partial charge in [0.25, 0.3) is 5.69 Å². The minimum Gasteiger partial charge on any atom is -0.462 e. The first kappa shape index (κ1) is 15.1. The molecule has 21 heavy (non-hydrogen) atoms. The van der Waals surface area contributed by atoms with Crippen LogP contribution in [0.5, 0.6) is 0 Å². The maximum atomic E-state index is 13.6. The van der Waals surface area contributed by atoms with Crippen molar-refractivity contribution in [3.8, 4) is 5.69 Å². The van der Waals surface area contributed by atoms with Crippen molar-refractivity contribution in [2.45, 2.75) is 6.92 Å². The molecule has 0 atom stereocenters. The number of aromatic nitrogens is 2. The summed E-state index contributed by atoms with van der Waals surface area (Å²) in [6.45, 7) is 1.84. The minimum absolute atomic E-state index is 0.0317. The fraction of sp³-hybridized carbons (Fsp3) is 0.167. The summed E-state index contributed by atoms with van der Waals surface area (Å²) in [4.78, 5) is 21.9. The molecule has 7 nitrogen and oxygen atoms in total. The summed E-state index contributed by atoms with van der Waals surface area (Å²) < 4.78 is 19.4. The van der Waals surface area contributed by atoms with E-state index in [0.717, 1.165) is 16.8 Å². The Balaban J connectivity index is 2.49. The highest BCUT2D eigenvalue weighted by atomic mass is 79.9. The quantitative estimate of drug-likeness (QED) is 0.477. The standard InChI is InChI=1S/C12H9BrFN3O4/c1-2-21-12(18)7-5-15-16(6-7)10-4-9(14)8(13)3-11(10)17(19)20/h3-6H,2H2,1H3. The third kappa shape index (κ3) is 3.07. The van der Waals surface area contributed by atoms with E-state index in [1.807, 2.05) is 0 Å². The predicted molar refractivity (Wildman–Crippen MR) is 73.8 cm³/mol. The molecule has 0 bridgehead atoms. The highest BCUT2D eigenvalue weighted by molar-refractivity contribution is 9.10. The van der Waals surface area contributed by atoms with Gasteiger partial charge in [-0.25, -0.2) is 13.9 Å². The van der Waals surface area contributed by atoms with Gasteiger partial charge in [0.1, 0.15) is 11.5 Å². The van der Waals surface area contributed by atoms with Crippen molar-refractivity contribution < 1.29 is 18.8 Å². The van der Waals surface area contributed by atoms with Crippen molar-refractivity contribution in [3.05, 3.63) is 50.5 Å². The average molecular weight is 358 g/mol. The molecule has 0 unspecified atom stereocenters. The number of hydrogen-bond acceptors (Lipinski definition) is 5. The van der Waals surface area contributed by atoms with E-state index < -0.39 is 16.7 Å². The molecule has 0 saturated carbocycles. The van der Waals surface area contributed by atoms with Gasteiger partial charge in [-0.05, 0) is 22.9 Å². The molecule has 110 valence electrons. The SMILES string of the molecule is CCOC(=O)c1cnn(-c2cc(F)c(Br)cc2[N+](=O)[O-])c1. The number of rotatable bonds is 4. The highest BCUT2D eigenvalue weighted by Gasteiger charge is 2.21. The molecule has 1 heterocycles. The summed E-state index contributed by atoms with van der Waals surface area (Å²) in [6.07, 6.45) is 2.44. The topological polar surface area (TPSA) is 87.3 Å². The lowest BCUT2D eigenvalue weighted by Gasteiger charge is -2.04. The van der Waals surface area contributed by atoms with E-state index in [9.17, 15) is 19.3 Å². The van der Waals surface area contributed by atoms with Crippen molar-refractivity contribution in [1.82, 2.24) is 9.78 Å². The molecule has 9 heteroatoms. The number of carbonyl (C=O) groups excluding carboxylic acids is 1. The lowest BCUT2D eigenvalue weighted by molar-refractivity contribution is -0.384. The lowest BCUT2D eigenvalue weighted by Crippen LogP contribution is -2.04. The van der Waals surface area contributed by atoms with Crippen LogP contribution in [0, 0.1) is 15.9 Å². The second-order valence-corrected chi connectivity index (χ2v) is 4.76. The second-order valence-electron chi connectivity index (χ2n) is 3.91. The number of nitro benzene ring substituents is 1. The van der Waals surface area contributed by atoms with Crippen LogP contribution >= 0.6 is 15.9 Å². The Morgan fingerprint density at radius 3 is 2.90 bits per heavy atom. The Hall–Kier alpha value is -2.29. The normalized spacial score (nSPS) is 10.4. The zero-order valence-corrected chi connectivity index (χ0v) is 12.3. The number of nitro groups is 1. The van der Waals surface area contributed by atoms with E-state index in [1.165, 1.54) is 12.4 Å². The molecule has 0 amide bonds. The Bertz CT molecular complexity index is 717. The average Bonchev–Trinajstić information content (AvgIpc) is 2.91. The van der Waals surface area contributed by atoms with Gasteiger partial charge in [-0.15, -0.1) is 0 Å².